The summed E-state index contributed by atoms with van der Waals surface area (Å²) in [5.74, 6) is 0. The molecule has 18 heavy (non-hydrogen) atoms. The number of fused-ring (bicyclic) bond motifs is 1. The van der Waals surface area contributed by atoms with E-state index in [1.165, 1.54) is 21.5 Å². The molecule has 0 bridgehead atoms. The number of hydrogen-bond donors (Lipinski definition) is 2. The van der Waals surface area contributed by atoms with E-state index in [2.05, 4.69) is 30.3 Å². The topological polar surface area (TPSA) is 55.9 Å². The van der Waals surface area contributed by atoms with E-state index in [9.17, 15) is 0 Å². The number of nitrogens with zero attached hydrogens (tertiary/aromatic N) is 2. The maximum absolute atomic E-state index is 6.26. The Morgan fingerprint density at radius 1 is 1.50 bits per heavy atom. The van der Waals surface area contributed by atoms with Crippen molar-refractivity contribution in [2.45, 2.75) is 44.8 Å². The lowest BCUT2D eigenvalue weighted by Gasteiger charge is -2.33. The van der Waals surface area contributed by atoms with E-state index in [1.807, 2.05) is 23.1 Å². The van der Waals surface area contributed by atoms with Crippen molar-refractivity contribution in [1.29, 1.82) is 0 Å². The summed E-state index contributed by atoms with van der Waals surface area (Å²) in [6, 6.07) is 3.34. The van der Waals surface area contributed by atoms with Gasteiger partial charge in [-0.1, -0.05) is 0 Å². The van der Waals surface area contributed by atoms with E-state index in [0.29, 0.717) is 12.1 Å². The van der Waals surface area contributed by atoms with Crippen LogP contribution >= 0.6 is 11.3 Å². The summed E-state index contributed by atoms with van der Waals surface area (Å²) in [6.45, 7) is 4.30. The number of hydrogen-bond acceptors (Lipinski definition) is 4. The molecule has 0 aliphatic carbocycles. The van der Waals surface area contributed by atoms with Crippen LogP contribution in [0.1, 0.15) is 36.4 Å². The predicted molar refractivity (Wildman–Crippen MR) is 75.9 cm³/mol. The van der Waals surface area contributed by atoms with Crippen molar-refractivity contribution >= 4 is 21.6 Å². The number of nitrogens with one attached hydrogen (secondary N) is 1. The Labute approximate surface area is 111 Å². The van der Waals surface area contributed by atoms with E-state index in [-0.39, 0.29) is 6.04 Å². The first-order valence-corrected chi connectivity index (χ1v) is 7.32. The molecule has 98 valence electrons. The Bertz CT molecular complexity index is 536. The van der Waals surface area contributed by atoms with Gasteiger partial charge in [0.15, 0.2) is 0 Å². The SMILES string of the molecule is Cc1nn(C)c2sc(C3NC(C)CCC3N)cc12. The van der Waals surface area contributed by atoms with Crippen LogP contribution in [-0.2, 0) is 7.05 Å². The number of piperidine rings is 1. The lowest BCUT2D eigenvalue weighted by molar-refractivity contribution is 0.304. The third-order valence-electron chi connectivity index (χ3n) is 3.85. The lowest BCUT2D eigenvalue weighted by Crippen LogP contribution is -2.46. The first-order valence-electron chi connectivity index (χ1n) is 6.51. The van der Waals surface area contributed by atoms with E-state index in [4.69, 9.17) is 5.73 Å². The molecule has 5 heteroatoms. The summed E-state index contributed by atoms with van der Waals surface area (Å²) in [7, 11) is 2.01. The highest BCUT2D eigenvalue weighted by Gasteiger charge is 2.28. The molecule has 1 aliphatic heterocycles. The van der Waals surface area contributed by atoms with Gasteiger partial charge < -0.3 is 11.1 Å². The second-order valence-electron chi connectivity index (χ2n) is 5.36. The van der Waals surface area contributed by atoms with Crippen molar-refractivity contribution in [2.24, 2.45) is 12.8 Å². The number of rotatable bonds is 1. The minimum atomic E-state index is 0.225. The van der Waals surface area contributed by atoms with Gasteiger partial charge in [0.25, 0.3) is 0 Å². The van der Waals surface area contributed by atoms with E-state index in [1.54, 1.807) is 0 Å². The van der Waals surface area contributed by atoms with Crippen LogP contribution in [0.5, 0.6) is 0 Å². The standard InChI is InChI=1S/C13H20N4S/c1-7-4-5-10(14)12(15-7)11-6-9-8(2)16-17(3)13(9)18-11/h6-7,10,12,15H,4-5,14H2,1-3H3. The molecule has 0 amide bonds. The molecule has 2 aromatic rings. The Morgan fingerprint density at radius 2 is 2.28 bits per heavy atom. The molecule has 0 aromatic carbocycles. The van der Waals surface area contributed by atoms with Crippen LogP contribution in [-0.4, -0.2) is 21.9 Å². The van der Waals surface area contributed by atoms with Crippen molar-refractivity contribution < 1.29 is 0 Å². The average Bonchev–Trinajstić information content (AvgIpc) is 2.86. The van der Waals surface area contributed by atoms with Gasteiger partial charge in [-0.2, -0.15) is 5.10 Å². The maximum atomic E-state index is 6.26. The quantitative estimate of drug-likeness (QED) is 0.829. The van der Waals surface area contributed by atoms with Gasteiger partial charge in [0.2, 0.25) is 0 Å². The van der Waals surface area contributed by atoms with Crippen molar-refractivity contribution in [2.75, 3.05) is 0 Å². The van der Waals surface area contributed by atoms with Crippen LogP contribution in [0, 0.1) is 6.92 Å². The lowest BCUT2D eigenvalue weighted by atomic mass is 9.94. The normalized spacial score (nSPS) is 29.0. The number of aryl methyl sites for hydroxylation is 2. The molecule has 0 saturated carbocycles. The fourth-order valence-electron chi connectivity index (χ4n) is 2.79. The van der Waals surface area contributed by atoms with Gasteiger partial charge in [-0.05, 0) is 32.8 Å². The van der Waals surface area contributed by atoms with Gasteiger partial charge >= 0.3 is 0 Å². The molecule has 3 N–H and O–H groups in total. The summed E-state index contributed by atoms with van der Waals surface area (Å²) in [6.07, 6.45) is 2.27. The number of aromatic nitrogens is 2. The van der Waals surface area contributed by atoms with E-state index < -0.39 is 0 Å². The molecule has 3 atom stereocenters. The average molecular weight is 264 g/mol. The fraction of sp³-hybridized carbons (Fsp3) is 0.615. The number of thiophene rings is 1. The Hall–Kier alpha value is -0.910. The third-order valence-corrected chi connectivity index (χ3v) is 5.13. The Balaban J connectivity index is 2.00. The highest BCUT2D eigenvalue weighted by molar-refractivity contribution is 7.18. The Kier molecular flexibility index (Phi) is 2.92. The molecule has 1 saturated heterocycles. The maximum Gasteiger partial charge on any atom is 0.121 e. The molecule has 0 radical (unpaired) electrons. The molecule has 3 rings (SSSR count). The predicted octanol–water partition coefficient (Wildman–Crippen LogP) is 2.08. The van der Waals surface area contributed by atoms with Crippen LogP contribution in [0.3, 0.4) is 0 Å². The first-order chi connectivity index (χ1) is 8.56. The van der Waals surface area contributed by atoms with Crippen molar-refractivity contribution in [3.05, 3.63) is 16.6 Å². The highest BCUT2D eigenvalue weighted by atomic mass is 32.1. The van der Waals surface area contributed by atoms with Gasteiger partial charge in [0.05, 0.1) is 11.7 Å². The molecule has 3 heterocycles. The van der Waals surface area contributed by atoms with Gasteiger partial charge in [-0.3, -0.25) is 4.68 Å². The largest absolute Gasteiger partial charge is 0.326 e. The number of nitrogens with two attached hydrogens (primary N) is 1. The summed E-state index contributed by atoms with van der Waals surface area (Å²) < 4.78 is 1.97. The Morgan fingerprint density at radius 3 is 3.00 bits per heavy atom. The third kappa shape index (κ3) is 1.86. The minimum absolute atomic E-state index is 0.225. The van der Waals surface area contributed by atoms with Crippen LogP contribution in [0.25, 0.3) is 10.2 Å². The summed E-state index contributed by atoms with van der Waals surface area (Å²) in [5.41, 5.74) is 7.37. The fourth-order valence-corrected chi connectivity index (χ4v) is 4.05. The van der Waals surface area contributed by atoms with Gasteiger partial charge in [-0.15, -0.1) is 11.3 Å². The van der Waals surface area contributed by atoms with Crippen molar-refractivity contribution in [1.82, 2.24) is 15.1 Å². The molecular weight excluding hydrogens is 244 g/mol. The zero-order valence-corrected chi connectivity index (χ0v) is 11.9. The smallest absolute Gasteiger partial charge is 0.121 e. The van der Waals surface area contributed by atoms with Crippen LogP contribution < -0.4 is 11.1 Å². The van der Waals surface area contributed by atoms with E-state index >= 15 is 0 Å². The van der Waals surface area contributed by atoms with Crippen molar-refractivity contribution in [3.63, 3.8) is 0 Å². The van der Waals surface area contributed by atoms with Crippen LogP contribution in [0.2, 0.25) is 0 Å². The molecule has 3 unspecified atom stereocenters. The molecule has 4 nitrogen and oxygen atoms in total. The zero-order valence-electron chi connectivity index (χ0n) is 11.1. The van der Waals surface area contributed by atoms with Crippen LogP contribution in [0.4, 0.5) is 0 Å². The monoisotopic (exact) mass is 264 g/mol. The van der Waals surface area contributed by atoms with E-state index in [0.717, 1.165) is 12.1 Å². The molecule has 1 aliphatic rings. The second kappa shape index (κ2) is 4.33. The molecule has 2 aromatic heterocycles. The molecular formula is C13H20N4S. The van der Waals surface area contributed by atoms with Crippen LogP contribution in [0.15, 0.2) is 6.07 Å². The summed E-state index contributed by atoms with van der Waals surface area (Å²) >= 11 is 1.81. The van der Waals surface area contributed by atoms with Crippen molar-refractivity contribution in [3.8, 4) is 0 Å². The highest BCUT2D eigenvalue weighted by Crippen LogP contribution is 2.35. The van der Waals surface area contributed by atoms with Gasteiger partial charge in [0, 0.05) is 29.4 Å². The molecule has 0 spiro atoms. The van der Waals surface area contributed by atoms with Gasteiger partial charge in [0.1, 0.15) is 4.83 Å². The zero-order chi connectivity index (χ0) is 12.9. The summed E-state index contributed by atoms with van der Waals surface area (Å²) in [4.78, 5) is 2.59. The minimum Gasteiger partial charge on any atom is -0.326 e. The summed E-state index contributed by atoms with van der Waals surface area (Å²) in [5, 5.41) is 9.34. The van der Waals surface area contributed by atoms with Gasteiger partial charge in [-0.25, -0.2) is 0 Å². The first kappa shape index (κ1) is 12.1. The molecule has 1 fully saturated rings. The second-order valence-corrected chi connectivity index (χ2v) is 6.43.